The fourth-order valence-corrected chi connectivity index (χ4v) is 7.59. The number of nitrogens with two attached hydrogens (primary N) is 2. The maximum atomic E-state index is 12.4. The van der Waals surface area contributed by atoms with Crippen LogP contribution in [0.3, 0.4) is 0 Å². The molecule has 12 N–H and O–H groups in total. The minimum absolute atomic E-state index is 0.0929. The first kappa shape index (κ1) is 56.9. The quantitative estimate of drug-likeness (QED) is 0.0308. The molecule has 0 aliphatic carbocycles. The van der Waals surface area contributed by atoms with Crippen LogP contribution >= 0.6 is 23.5 Å². The highest BCUT2D eigenvalue weighted by atomic mass is 32.2. The van der Waals surface area contributed by atoms with Gasteiger partial charge in [0.25, 0.3) is 0 Å². The van der Waals surface area contributed by atoms with Gasteiger partial charge in [0.2, 0.25) is 23.6 Å². The lowest BCUT2D eigenvalue weighted by Gasteiger charge is -2.18. The van der Waals surface area contributed by atoms with Gasteiger partial charge in [0.05, 0.1) is 6.61 Å². The predicted octanol–water partition coefficient (Wildman–Crippen LogP) is 1.60. The normalized spacial score (nSPS) is 12.9. The highest BCUT2D eigenvalue weighted by Gasteiger charge is 2.24. The van der Waals surface area contributed by atoms with Crippen molar-refractivity contribution in [3.8, 4) is 0 Å². The predicted molar refractivity (Wildman–Crippen MR) is 230 cm³/mol. The van der Waals surface area contributed by atoms with Crippen LogP contribution in [0, 0.1) is 0 Å². The molecule has 20 nitrogen and oxygen atoms in total. The second-order valence-corrected chi connectivity index (χ2v) is 16.8. The third-order valence-corrected chi connectivity index (χ3v) is 11.4. The lowest BCUT2D eigenvalue weighted by atomic mass is 10.1. The Kier molecular flexibility index (Phi) is 34.0. The zero-order valence-corrected chi connectivity index (χ0v) is 36.7. The standard InChI is InChI=1S/C39H68N6O14S2/c40-27(38(55)56)16-18-31(46)44-29(36(53)42-23-33(48)49)25-60-21-13-9-5-3-1-2-4-8-12-20-59-35(52)15-11-7-6-10-14-22-61-26-30(37(54)43-24-34(50)51)45-32(47)19-17-28(41)39(57)58/h27-30H,1-26,40-41H2,(H,42,53)(H,43,54)(H,44,46)(H,45,47)(H,48,49)(H,50,51)(H,55,56)(H,57,58). The molecule has 0 aromatic rings. The topological polar surface area (TPSA) is 344 Å². The first-order chi connectivity index (χ1) is 29.0. The Morgan fingerprint density at radius 2 is 0.852 bits per heavy atom. The Morgan fingerprint density at radius 1 is 0.492 bits per heavy atom. The number of nitrogens with one attached hydrogen (secondary N) is 4. The molecule has 0 saturated carbocycles. The SMILES string of the molecule is NC(CCC(=O)NC(CSCCCCCCCCCCCOC(=O)CCCCCCCSCC(NC(=O)CCC(N)C(=O)O)C(=O)NCC(=O)O)C(=O)NCC(=O)O)C(=O)O. The minimum Gasteiger partial charge on any atom is -0.480 e. The fourth-order valence-electron chi connectivity index (χ4n) is 5.50. The number of aliphatic carboxylic acids is 4. The summed E-state index contributed by atoms with van der Waals surface area (Å²) in [5, 5.41) is 45.0. The van der Waals surface area contributed by atoms with E-state index in [4.69, 9.17) is 36.6 Å². The summed E-state index contributed by atoms with van der Waals surface area (Å²) in [6.07, 6.45) is 13.2. The number of thioether (sulfide) groups is 2. The molecule has 4 atom stereocenters. The van der Waals surface area contributed by atoms with Crippen LogP contribution in [0.5, 0.6) is 0 Å². The Labute approximate surface area is 365 Å². The van der Waals surface area contributed by atoms with Crippen molar-refractivity contribution in [2.45, 2.75) is 146 Å². The van der Waals surface area contributed by atoms with Crippen LogP contribution in [0.15, 0.2) is 0 Å². The number of carbonyl (C=O) groups is 9. The van der Waals surface area contributed by atoms with E-state index < -0.39 is 84.8 Å². The van der Waals surface area contributed by atoms with Gasteiger partial charge in [-0.15, -0.1) is 0 Å². The number of hydrogen-bond donors (Lipinski definition) is 10. The highest BCUT2D eigenvalue weighted by molar-refractivity contribution is 7.99. The summed E-state index contributed by atoms with van der Waals surface area (Å²) in [6, 6.07) is -4.34. The number of ether oxygens (including phenoxy) is 1. The Morgan fingerprint density at radius 3 is 1.23 bits per heavy atom. The van der Waals surface area contributed by atoms with Crippen molar-refractivity contribution in [2.75, 3.05) is 42.7 Å². The highest BCUT2D eigenvalue weighted by Crippen LogP contribution is 2.15. The van der Waals surface area contributed by atoms with Crippen molar-refractivity contribution in [3.63, 3.8) is 0 Å². The Balaban J connectivity index is 3.97. The number of amides is 4. The molecule has 0 bridgehead atoms. The van der Waals surface area contributed by atoms with Crippen molar-refractivity contribution in [1.82, 2.24) is 21.3 Å². The molecule has 0 aromatic heterocycles. The summed E-state index contributed by atoms with van der Waals surface area (Å²) >= 11 is 2.91. The average molecular weight is 909 g/mol. The molecule has 0 aromatic carbocycles. The van der Waals surface area contributed by atoms with Crippen molar-refractivity contribution in [1.29, 1.82) is 0 Å². The summed E-state index contributed by atoms with van der Waals surface area (Å²) in [4.78, 5) is 105. The molecular weight excluding hydrogens is 841 g/mol. The first-order valence-electron chi connectivity index (χ1n) is 20.9. The van der Waals surface area contributed by atoms with E-state index in [1.54, 1.807) is 0 Å². The maximum absolute atomic E-state index is 12.4. The third kappa shape index (κ3) is 34.2. The monoisotopic (exact) mass is 908 g/mol. The van der Waals surface area contributed by atoms with E-state index in [2.05, 4.69) is 21.3 Å². The van der Waals surface area contributed by atoms with Crippen LogP contribution in [-0.2, 0) is 47.9 Å². The van der Waals surface area contributed by atoms with Crippen molar-refractivity contribution in [2.24, 2.45) is 11.5 Å². The lowest BCUT2D eigenvalue weighted by molar-refractivity contribution is -0.144. The number of carboxylic acid groups (broad SMARTS) is 4. The van der Waals surface area contributed by atoms with Crippen LogP contribution in [0.2, 0.25) is 0 Å². The first-order valence-corrected chi connectivity index (χ1v) is 23.2. The number of esters is 1. The second kappa shape index (κ2) is 36.5. The molecule has 4 unspecified atom stereocenters. The van der Waals surface area contributed by atoms with E-state index in [1.807, 2.05) is 0 Å². The van der Waals surface area contributed by atoms with Gasteiger partial charge in [-0.2, -0.15) is 23.5 Å². The summed E-state index contributed by atoms with van der Waals surface area (Å²) in [5.41, 5.74) is 10.9. The molecule has 0 radical (unpaired) electrons. The van der Waals surface area contributed by atoms with Gasteiger partial charge in [-0.25, -0.2) is 0 Å². The molecule has 0 fully saturated rings. The van der Waals surface area contributed by atoms with Gasteiger partial charge in [0.1, 0.15) is 37.3 Å². The minimum atomic E-state index is -1.24. The largest absolute Gasteiger partial charge is 0.480 e. The molecule has 4 amide bonds. The number of hydrogen-bond acceptors (Lipinski definition) is 14. The van der Waals surface area contributed by atoms with Crippen LogP contribution in [0.4, 0.5) is 0 Å². The molecule has 0 saturated heterocycles. The van der Waals surface area contributed by atoms with Gasteiger partial charge >= 0.3 is 29.8 Å². The van der Waals surface area contributed by atoms with E-state index in [9.17, 15) is 43.2 Å². The van der Waals surface area contributed by atoms with Gasteiger partial charge in [0, 0.05) is 30.8 Å². The van der Waals surface area contributed by atoms with Crippen LogP contribution in [0.25, 0.3) is 0 Å². The van der Waals surface area contributed by atoms with E-state index in [0.717, 1.165) is 95.6 Å². The van der Waals surface area contributed by atoms with Gasteiger partial charge in [-0.05, 0) is 50.0 Å². The number of carboxylic acids is 4. The Hall–Kier alpha value is -4.15. The molecule has 0 rings (SSSR count). The lowest BCUT2D eigenvalue weighted by Crippen LogP contribution is -2.49. The molecule has 61 heavy (non-hydrogen) atoms. The van der Waals surface area contributed by atoms with Crippen molar-refractivity contribution >= 4 is 77.0 Å². The zero-order chi connectivity index (χ0) is 45.8. The van der Waals surface area contributed by atoms with E-state index in [1.165, 1.54) is 23.5 Å². The smallest absolute Gasteiger partial charge is 0.322 e. The average Bonchev–Trinajstić information content (AvgIpc) is 3.21. The van der Waals surface area contributed by atoms with Crippen LogP contribution in [0.1, 0.15) is 122 Å². The number of carbonyl (C=O) groups excluding carboxylic acids is 5. The van der Waals surface area contributed by atoms with Crippen molar-refractivity contribution < 1.29 is 68.3 Å². The third-order valence-electron chi connectivity index (χ3n) is 9.06. The Bertz CT molecular complexity index is 1360. The van der Waals surface area contributed by atoms with E-state index in [0.29, 0.717) is 18.8 Å². The van der Waals surface area contributed by atoms with Gasteiger partial charge < -0.3 is 57.9 Å². The summed E-state index contributed by atoms with van der Waals surface area (Å²) in [6.45, 7) is -0.769. The summed E-state index contributed by atoms with van der Waals surface area (Å²) in [7, 11) is 0. The van der Waals surface area contributed by atoms with E-state index in [-0.39, 0.29) is 43.2 Å². The molecule has 0 aliphatic rings. The molecule has 350 valence electrons. The number of unbranched alkanes of at least 4 members (excludes halogenated alkanes) is 12. The van der Waals surface area contributed by atoms with Crippen molar-refractivity contribution in [3.05, 3.63) is 0 Å². The van der Waals surface area contributed by atoms with Crippen LogP contribution < -0.4 is 32.7 Å². The molecule has 0 aliphatic heterocycles. The molecule has 22 heteroatoms. The van der Waals surface area contributed by atoms with Gasteiger partial charge in [0.15, 0.2) is 0 Å². The second-order valence-electron chi connectivity index (χ2n) is 14.5. The molecule has 0 heterocycles. The molecule has 0 spiro atoms. The van der Waals surface area contributed by atoms with Gasteiger partial charge in [-0.1, -0.05) is 64.2 Å². The van der Waals surface area contributed by atoms with E-state index >= 15 is 0 Å². The number of rotatable bonds is 40. The summed E-state index contributed by atoms with van der Waals surface area (Å²) in [5.74, 6) is -5.54. The zero-order valence-electron chi connectivity index (χ0n) is 35.0. The van der Waals surface area contributed by atoms with Crippen LogP contribution in [-0.4, -0.2) is 141 Å². The maximum Gasteiger partial charge on any atom is 0.322 e. The fraction of sp³-hybridized carbons (Fsp3) is 0.769. The summed E-state index contributed by atoms with van der Waals surface area (Å²) < 4.78 is 5.36. The van der Waals surface area contributed by atoms with Gasteiger partial charge in [-0.3, -0.25) is 43.2 Å². The molecular formula is C39H68N6O14S2.